The zero-order valence-corrected chi connectivity index (χ0v) is 22.5. The Labute approximate surface area is 239 Å². The van der Waals surface area contributed by atoms with Crippen LogP contribution < -0.4 is 0 Å². The van der Waals surface area contributed by atoms with E-state index in [-0.39, 0.29) is 0 Å². The van der Waals surface area contributed by atoms with Crippen LogP contribution in [-0.2, 0) is 0 Å². The normalized spacial score (nSPS) is 13.2. The van der Waals surface area contributed by atoms with Gasteiger partial charge in [-0.25, -0.2) is 0 Å². The first-order chi connectivity index (χ1) is 20.8. The lowest BCUT2D eigenvalue weighted by molar-refractivity contribution is 1.81. The number of hydrogen-bond acceptors (Lipinski definition) is 0. The van der Waals surface area contributed by atoms with Gasteiger partial charge in [-0.2, -0.15) is 0 Å². The molecule has 12 aromatic carbocycles. The predicted octanol–water partition coefficient (Wildman–Crippen LogP) is 12.1. The smallest absolute Gasteiger partial charge is 0.000762 e. The Hall–Kier alpha value is -5.46. The molecule has 0 heterocycles. The summed E-state index contributed by atoms with van der Waals surface area (Å²) in [6.45, 7) is 0. The Balaban J connectivity index is 1.41. The maximum Gasteiger partial charge on any atom is -0.000762 e. The van der Waals surface area contributed by atoms with E-state index in [4.69, 9.17) is 0 Å². The average Bonchev–Trinajstić information content (AvgIpc) is 3.56. The molecule has 0 aliphatic heterocycles. The van der Waals surface area contributed by atoms with Gasteiger partial charge in [-0.1, -0.05) is 109 Å². The molecule has 0 unspecified atom stereocenters. The van der Waals surface area contributed by atoms with Crippen LogP contribution in [0, 0.1) is 0 Å². The summed E-state index contributed by atoms with van der Waals surface area (Å²) in [4.78, 5) is 0. The van der Waals surface area contributed by atoms with Crippen LogP contribution in [0.2, 0.25) is 0 Å². The monoisotopic (exact) mass is 524 g/mol. The van der Waals surface area contributed by atoms with E-state index in [1.807, 2.05) is 0 Å². The van der Waals surface area contributed by atoms with Crippen molar-refractivity contribution >= 4 is 118 Å². The SMILES string of the molecule is c1ccc2c(c1)ccc1c3cc4ccc5cc6c7c8ccccc8ccc7c7ccc8c9ccc(c21)c3c9c4c5c8c76. The maximum atomic E-state index is 2.49. The molecule has 0 aliphatic carbocycles. The highest BCUT2D eigenvalue weighted by Crippen LogP contribution is 2.54. The molecule has 0 fully saturated rings. The Morgan fingerprint density at radius 3 is 1.24 bits per heavy atom. The first kappa shape index (κ1) is 20.4. The van der Waals surface area contributed by atoms with Crippen LogP contribution in [0.1, 0.15) is 0 Å². The van der Waals surface area contributed by atoms with Gasteiger partial charge in [-0.3, -0.25) is 0 Å². The molecular formula is C42H20. The van der Waals surface area contributed by atoms with E-state index in [0.29, 0.717) is 0 Å². The van der Waals surface area contributed by atoms with Crippen molar-refractivity contribution < 1.29 is 0 Å². The van der Waals surface area contributed by atoms with Gasteiger partial charge >= 0.3 is 0 Å². The fourth-order valence-corrected chi connectivity index (χ4v) is 9.02. The molecule has 0 radical (unpaired) electrons. The molecule has 12 aromatic rings. The highest BCUT2D eigenvalue weighted by atomic mass is 14.3. The second kappa shape index (κ2) is 6.54. The fraction of sp³-hybridized carbons (Fsp3) is 0. The third kappa shape index (κ3) is 2.05. The summed E-state index contributed by atoms with van der Waals surface area (Å²) in [6, 6.07) is 46.3. The van der Waals surface area contributed by atoms with Gasteiger partial charge in [0.1, 0.15) is 0 Å². The fourth-order valence-electron chi connectivity index (χ4n) is 9.02. The number of rotatable bonds is 0. The minimum absolute atomic E-state index is 1.31. The van der Waals surface area contributed by atoms with Crippen molar-refractivity contribution in [3.63, 3.8) is 0 Å². The van der Waals surface area contributed by atoms with Gasteiger partial charge < -0.3 is 0 Å². The van der Waals surface area contributed by atoms with Crippen LogP contribution in [0.25, 0.3) is 118 Å². The van der Waals surface area contributed by atoms with Crippen molar-refractivity contribution in [2.75, 3.05) is 0 Å². The lowest BCUT2D eigenvalue weighted by Gasteiger charge is -2.19. The minimum Gasteiger partial charge on any atom is -0.0616 e. The Morgan fingerprint density at radius 2 is 0.595 bits per heavy atom. The third-order valence-electron chi connectivity index (χ3n) is 10.6. The average molecular weight is 525 g/mol. The Morgan fingerprint density at radius 1 is 0.190 bits per heavy atom. The number of benzene rings is 10. The standard InChI is InChI=1S/C42H20/c1-3-7-25-21(5-1)12-14-31-33-19-23-9-10-24-20-34-38-26-8-4-2-6-22(26)11-13-27(38)28-15-16-29-30-17-18-32(37(25)31)40(33)42(30)35(23)36(24)41(29)39(28)34/h1-20H. The summed E-state index contributed by atoms with van der Waals surface area (Å²) >= 11 is 0. The molecule has 0 saturated carbocycles. The molecule has 0 spiro atoms. The van der Waals surface area contributed by atoms with E-state index >= 15 is 0 Å². The van der Waals surface area contributed by atoms with Gasteiger partial charge in [0.05, 0.1) is 0 Å². The van der Waals surface area contributed by atoms with Gasteiger partial charge in [0.15, 0.2) is 0 Å². The second-order valence-electron chi connectivity index (χ2n) is 12.3. The van der Waals surface area contributed by atoms with Crippen molar-refractivity contribution in [3.8, 4) is 0 Å². The minimum atomic E-state index is 1.31. The summed E-state index contributed by atoms with van der Waals surface area (Å²) in [6.07, 6.45) is 0. The van der Waals surface area contributed by atoms with Crippen LogP contribution >= 0.6 is 0 Å². The van der Waals surface area contributed by atoms with E-state index in [9.17, 15) is 0 Å². The van der Waals surface area contributed by atoms with Crippen molar-refractivity contribution in [1.82, 2.24) is 0 Å². The lowest BCUT2D eigenvalue weighted by atomic mass is 9.84. The second-order valence-corrected chi connectivity index (χ2v) is 12.3. The molecular weight excluding hydrogens is 504 g/mol. The lowest BCUT2D eigenvalue weighted by Crippen LogP contribution is -1.90. The van der Waals surface area contributed by atoms with Crippen LogP contribution in [-0.4, -0.2) is 0 Å². The van der Waals surface area contributed by atoms with Crippen LogP contribution in [0.4, 0.5) is 0 Å². The van der Waals surface area contributed by atoms with E-state index in [1.54, 1.807) is 0 Å². The van der Waals surface area contributed by atoms with Crippen molar-refractivity contribution in [2.45, 2.75) is 0 Å². The topological polar surface area (TPSA) is 0 Å². The molecule has 0 nitrogen and oxygen atoms in total. The largest absolute Gasteiger partial charge is 0.0616 e. The number of fused-ring (bicyclic) bond motifs is 11. The quantitative estimate of drug-likeness (QED) is 0.137. The molecule has 12 rings (SSSR count). The summed E-state index contributed by atoms with van der Waals surface area (Å²) in [5.74, 6) is 0. The van der Waals surface area contributed by atoms with Crippen molar-refractivity contribution in [3.05, 3.63) is 121 Å². The summed E-state index contributed by atoms with van der Waals surface area (Å²) in [5, 5.41) is 30.4. The van der Waals surface area contributed by atoms with Crippen LogP contribution in [0.5, 0.6) is 0 Å². The first-order valence-corrected chi connectivity index (χ1v) is 14.9. The maximum absolute atomic E-state index is 2.49. The zero-order chi connectivity index (χ0) is 26.8. The first-order valence-electron chi connectivity index (χ1n) is 14.9. The molecule has 0 atom stereocenters. The molecule has 0 heteroatoms. The van der Waals surface area contributed by atoms with Gasteiger partial charge in [-0.05, 0) is 131 Å². The summed E-state index contributed by atoms with van der Waals surface area (Å²) < 4.78 is 0. The van der Waals surface area contributed by atoms with E-state index in [1.165, 1.54) is 118 Å². The van der Waals surface area contributed by atoms with Crippen molar-refractivity contribution in [1.29, 1.82) is 0 Å². The molecule has 0 saturated heterocycles. The highest BCUT2D eigenvalue weighted by molar-refractivity contribution is 6.51. The highest BCUT2D eigenvalue weighted by Gasteiger charge is 2.25. The van der Waals surface area contributed by atoms with Crippen LogP contribution in [0.15, 0.2) is 121 Å². The molecule has 0 bridgehead atoms. The molecule has 0 aromatic heterocycles. The Bertz CT molecular complexity index is 3070. The van der Waals surface area contributed by atoms with Crippen LogP contribution in [0.3, 0.4) is 0 Å². The van der Waals surface area contributed by atoms with Gasteiger partial charge in [0, 0.05) is 0 Å². The summed E-state index contributed by atoms with van der Waals surface area (Å²) in [5.41, 5.74) is 0. The zero-order valence-electron chi connectivity index (χ0n) is 22.5. The van der Waals surface area contributed by atoms with Gasteiger partial charge in [-0.15, -0.1) is 0 Å². The molecule has 42 heavy (non-hydrogen) atoms. The molecule has 0 amide bonds. The number of hydrogen-bond donors (Lipinski definition) is 0. The van der Waals surface area contributed by atoms with Gasteiger partial charge in [0.25, 0.3) is 0 Å². The molecule has 0 N–H and O–H groups in total. The Kier molecular flexibility index (Phi) is 3.18. The van der Waals surface area contributed by atoms with E-state index in [2.05, 4.69) is 121 Å². The van der Waals surface area contributed by atoms with Gasteiger partial charge in [0.2, 0.25) is 0 Å². The molecule has 188 valence electrons. The third-order valence-corrected chi connectivity index (χ3v) is 10.6. The van der Waals surface area contributed by atoms with E-state index < -0.39 is 0 Å². The summed E-state index contributed by atoms with van der Waals surface area (Å²) in [7, 11) is 0. The predicted molar refractivity (Wildman–Crippen MR) is 184 cm³/mol. The van der Waals surface area contributed by atoms with E-state index in [0.717, 1.165) is 0 Å². The molecule has 0 aliphatic rings. The van der Waals surface area contributed by atoms with Crippen molar-refractivity contribution in [2.24, 2.45) is 0 Å².